The van der Waals surface area contributed by atoms with Crippen molar-refractivity contribution in [3.05, 3.63) is 11.6 Å². The summed E-state index contributed by atoms with van der Waals surface area (Å²) in [5, 5.41) is 3.14. The highest BCUT2D eigenvalue weighted by molar-refractivity contribution is 7.38. The Bertz CT molecular complexity index is 169. The van der Waals surface area contributed by atoms with E-state index in [1.165, 1.54) is 0 Å². The third kappa shape index (κ3) is 4.22. The van der Waals surface area contributed by atoms with E-state index in [4.69, 9.17) is 4.89 Å². The molecular formula is C6H13NO3P+. The Morgan fingerprint density at radius 1 is 1.73 bits per heavy atom. The van der Waals surface area contributed by atoms with Crippen LogP contribution in [0.25, 0.3) is 0 Å². The van der Waals surface area contributed by atoms with E-state index < -0.39 is 8.03 Å². The molecule has 0 aromatic rings. The highest BCUT2D eigenvalue weighted by Gasteiger charge is 2.14. The number of hydrogen-bond acceptors (Lipinski definition) is 2. The van der Waals surface area contributed by atoms with Crippen LogP contribution in [0.4, 0.5) is 0 Å². The summed E-state index contributed by atoms with van der Waals surface area (Å²) in [4.78, 5) is 8.55. The Morgan fingerprint density at radius 2 is 2.45 bits per heavy atom. The summed E-state index contributed by atoms with van der Waals surface area (Å²) in [6.45, 7) is 1.79. The van der Waals surface area contributed by atoms with Gasteiger partial charge in [0.2, 0.25) is 0 Å². The molecule has 0 radical (unpaired) electrons. The van der Waals surface area contributed by atoms with Crippen molar-refractivity contribution < 1.29 is 14.9 Å². The highest BCUT2D eigenvalue weighted by atomic mass is 31.1. The molecule has 1 atom stereocenters. The molecule has 1 heterocycles. The van der Waals surface area contributed by atoms with Gasteiger partial charge >= 0.3 is 8.03 Å². The van der Waals surface area contributed by atoms with Gasteiger partial charge in [0.1, 0.15) is 0 Å². The molecule has 0 bridgehead atoms. The smallest absolute Gasteiger partial charge is 0.412 e. The first kappa shape index (κ1) is 10.7. The molecule has 1 aliphatic rings. The number of rotatable bonds is 2. The van der Waals surface area contributed by atoms with E-state index in [0.29, 0.717) is 6.16 Å². The molecule has 5 heteroatoms. The first-order valence-electron chi connectivity index (χ1n) is 3.31. The molecule has 1 unspecified atom stereocenters. The van der Waals surface area contributed by atoms with Crippen LogP contribution in [-0.4, -0.2) is 29.6 Å². The maximum atomic E-state index is 10.4. The normalized spacial score (nSPS) is 18.3. The summed E-state index contributed by atoms with van der Waals surface area (Å²) in [5.41, 5.74) is 1.11. The predicted octanol–water partition coefficient (Wildman–Crippen LogP) is -0.184. The zero-order valence-electron chi connectivity index (χ0n) is 6.21. The van der Waals surface area contributed by atoms with Gasteiger partial charge in [-0.3, -0.25) is 0 Å². The molecule has 0 saturated carbocycles. The third-order valence-electron chi connectivity index (χ3n) is 1.50. The van der Waals surface area contributed by atoms with Crippen molar-refractivity contribution in [1.82, 2.24) is 5.32 Å². The van der Waals surface area contributed by atoms with Gasteiger partial charge in [-0.05, 0) is 23.1 Å². The number of hydrogen-bond donors (Lipinski definition) is 2. The second-order valence-electron chi connectivity index (χ2n) is 2.33. The van der Waals surface area contributed by atoms with E-state index in [9.17, 15) is 4.57 Å². The molecule has 4 nitrogen and oxygen atoms in total. The van der Waals surface area contributed by atoms with Crippen LogP contribution in [0.5, 0.6) is 0 Å². The lowest BCUT2D eigenvalue weighted by molar-refractivity contribution is 0.504. The summed E-state index contributed by atoms with van der Waals surface area (Å²) in [6.07, 6.45) is 3.27. The Balaban J connectivity index is 0.000001000. The molecule has 0 fully saturated rings. The fourth-order valence-electron chi connectivity index (χ4n) is 0.987. The van der Waals surface area contributed by atoms with Crippen LogP contribution >= 0.6 is 8.03 Å². The Morgan fingerprint density at radius 3 is 2.91 bits per heavy atom. The van der Waals surface area contributed by atoms with Crippen LogP contribution in [-0.2, 0) is 4.57 Å². The Hall–Kier alpha value is -0.280. The van der Waals surface area contributed by atoms with E-state index in [2.05, 4.69) is 5.32 Å². The summed E-state index contributed by atoms with van der Waals surface area (Å²) < 4.78 is 10.4. The lowest BCUT2D eigenvalue weighted by atomic mass is 10.1. The second-order valence-corrected chi connectivity index (χ2v) is 3.35. The SMILES string of the molecule is O.O=[P+](O)CC1=CCNCC1. The largest absolute Gasteiger partial charge is 0.509 e. The van der Waals surface area contributed by atoms with Crippen molar-refractivity contribution in [3.63, 3.8) is 0 Å². The molecule has 1 rings (SSSR count). The maximum Gasteiger partial charge on any atom is 0.509 e. The van der Waals surface area contributed by atoms with Gasteiger partial charge in [0.05, 0.1) is 0 Å². The van der Waals surface area contributed by atoms with Crippen LogP contribution < -0.4 is 5.32 Å². The summed E-state index contributed by atoms with van der Waals surface area (Å²) >= 11 is 0. The van der Waals surface area contributed by atoms with Gasteiger partial charge < -0.3 is 10.8 Å². The zero-order chi connectivity index (χ0) is 7.40. The van der Waals surface area contributed by atoms with E-state index in [1.807, 2.05) is 6.08 Å². The molecule has 64 valence electrons. The number of nitrogens with one attached hydrogen (secondary N) is 1. The van der Waals surface area contributed by atoms with Crippen molar-refractivity contribution >= 4 is 8.03 Å². The van der Waals surface area contributed by atoms with Gasteiger partial charge in [-0.2, -0.15) is 4.89 Å². The van der Waals surface area contributed by atoms with Crippen LogP contribution in [0.15, 0.2) is 11.6 Å². The topological polar surface area (TPSA) is 80.8 Å². The molecule has 0 aromatic carbocycles. The molecule has 0 spiro atoms. The Labute approximate surface area is 66.5 Å². The zero-order valence-corrected chi connectivity index (χ0v) is 7.10. The Kier molecular flexibility index (Phi) is 5.24. The standard InChI is InChI=1S/C6H10NO2P.H2O/c8-10(9)5-6-1-3-7-4-2-6;/h1,7H,2-5H2;1H2/p+1. The minimum absolute atomic E-state index is 0. The fraction of sp³-hybridized carbons (Fsp3) is 0.667. The van der Waals surface area contributed by atoms with Gasteiger partial charge in [0, 0.05) is 6.54 Å². The van der Waals surface area contributed by atoms with Crippen LogP contribution in [0.2, 0.25) is 0 Å². The van der Waals surface area contributed by atoms with Crippen LogP contribution in [0, 0.1) is 0 Å². The first-order valence-corrected chi connectivity index (χ1v) is 4.71. The first-order chi connectivity index (χ1) is 4.79. The van der Waals surface area contributed by atoms with Gasteiger partial charge in [0.25, 0.3) is 0 Å². The third-order valence-corrected chi connectivity index (χ3v) is 2.17. The van der Waals surface area contributed by atoms with Gasteiger partial charge in [-0.1, -0.05) is 6.08 Å². The monoisotopic (exact) mass is 178 g/mol. The predicted molar refractivity (Wildman–Crippen MR) is 43.9 cm³/mol. The minimum atomic E-state index is -1.97. The van der Waals surface area contributed by atoms with Gasteiger partial charge in [0.15, 0.2) is 6.16 Å². The summed E-state index contributed by atoms with van der Waals surface area (Å²) in [7, 11) is -1.97. The van der Waals surface area contributed by atoms with Crippen molar-refractivity contribution in [1.29, 1.82) is 0 Å². The van der Waals surface area contributed by atoms with Crippen molar-refractivity contribution in [2.45, 2.75) is 6.42 Å². The van der Waals surface area contributed by atoms with E-state index in [-0.39, 0.29) is 5.48 Å². The molecule has 0 amide bonds. The maximum absolute atomic E-state index is 10.4. The average Bonchev–Trinajstić information content (AvgIpc) is 1.88. The molecule has 0 saturated heterocycles. The summed E-state index contributed by atoms with van der Waals surface area (Å²) in [6, 6.07) is 0. The average molecular weight is 178 g/mol. The lowest BCUT2D eigenvalue weighted by Gasteiger charge is -2.08. The second kappa shape index (κ2) is 5.38. The molecular weight excluding hydrogens is 165 g/mol. The van der Waals surface area contributed by atoms with E-state index in [1.54, 1.807) is 0 Å². The molecule has 4 N–H and O–H groups in total. The minimum Gasteiger partial charge on any atom is -0.412 e. The van der Waals surface area contributed by atoms with E-state index in [0.717, 1.165) is 25.1 Å². The van der Waals surface area contributed by atoms with Gasteiger partial charge in [-0.15, -0.1) is 0 Å². The van der Waals surface area contributed by atoms with Crippen LogP contribution in [0.3, 0.4) is 0 Å². The fourth-order valence-corrected chi connectivity index (χ4v) is 1.62. The summed E-state index contributed by atoms with van der Waals surface area (Å²) in [5.74, 6) is 0. The van der Waals surface area contributed by atoms with E-state index >= 15 is 0 Å². The molecule has 1 aliphatic heterocycles. The highest BCUT2D eigenvalue weighted by Crippen LogP contribution is 2.20. The molecule has 11 heavy (non-hydrogen) atoms. The van der Waals surface area contributed by atoms with Crippen molar-refractivity contribution in [2.24, 2.45) is 0 Å². The van der Waals surface area contributed by atoms with Crippen molar-refractivity contribution in [2.75, 3.05) is 19.3 Å². The van der Waals surface area contributed by atoms with Gasteiger partial charge in [-0.25, -0.2) is 0 Å². The van der Waals surface area contributed by atoms with Crippen molar-refractivity contribution in [3.8, 4) is 0 Å². The van der Waals surface area contributed by atoms with Crippen LogP contribution in [0.1, 0.15) is 6.42 Å². The lowest BCUT2D eigenvalue weighted by Crippen LogP contribution is -2.21. The molecule has 0 aliphatic carbocycles. The quantitative estimate of drug-likeness (QED) is 0.454. The molecule has 0 aromatic heterocycles.